The van der Waals surface area contributed by atoms with Gasteiger partial charge in [-0.25, -0.2) is 0 Å². The first-order valence-corrected chi connectivity index (χ1v) is 7.02. The van der Waals surface area contributed by atoms with Crippen molar-refractivity contribution in [3.05, 3.63) is 35.9 Å². The number of carbonyl (C=O) groups is 1. The zero-order chi connectivity index (χ0) is 14.6. The fourth-order valence-electron chi connectivity index (χ4n) is 2.23. The van der Waals surface area contributed by atoms with Crippen molar-refractivity contribution < 1.29 is 19.0 Å². The first kappa shape index (κ1) is 15.2. The van der Waals surface area contributed by atoms with Crippen LogP contribution in [0.3, 0.4) is 0 Å². The highest BCUT2D eigenvalue weighted by Crippen LogP contribution is 2.26. The van der Waals surface area contributed by atoms with Crippen LogP contribution < -0.4 is 0 Å². The third kappa shape index (κ3) is 3.88. The molecule has 1 aliphatic rings. The van der Waals surface area contributed by atoms with E-state index in [4.69, 9.17) is 14.2 Å². The third-order valence-electron chi connectivity index (χ3n) is 3.31. The van der Waals surface area contributed by atoms with Crippen LogP contribution in [0.2, 0.25) is 0 Å². The van der Waals surface area contributed by atoms with Crippen LogP contribution in [0, 0.1) is 0 Å². The molecule has 1 aromatic carbocycles. The van der Waals surface area contributed by atoms with E-state index in [1.807, 2.05) is 51.1 Å². The Bertz CT molecular complexity index is 441. The zero-order valence-corrected chi connectivity index (χ0v) is 12.3. The maximum absolute atomic E-state index is 12.1. The average molecular weight is 278 g/mol. The van der Waals surface area contributed by atoms with E-state index in [2.05, 4.69) is 0 Å². The van der Waals surface area contributed by atoms with Crippen LogP contribution in [0.1, 0.15) is 32.8 Å². The number of hydrogen-bond acceptors (Lipinski definition) is 4. The molecule has 0 bridgehead atoms. The van der Waals surface area contributed by atoms with E-state index < -0.39 is 11.9 Å². The van der Waals surface area contributed by atoms with Gasteiger partial charge in [-0.05, 0) is 19.4 Å². The van der Waals surface area contributed by atoms with Gasteiger partial charge in [-0.2, -0.15) is 0 Å². The highest BCUT2D eigenvalue weighted by atomic mass is 16.7. The highest BCUT2D eigenvalue weighted by molar-refractivity contribution is 5.83. The van der Waals surface area contributed by atoms with Gasteiger partial charge >= 0.3 is 0 Å². The Morgan fingerprint density at radius 2 is 2.10 bits per heavy atom. The van der Waals surface area contributed by atoms with Crippen LogP contribution in [0.5, 0.6) is 0 Å². The SMILES string of the molecule is CCC(=O)[C@H](OCc1ccccc1)[C@@H]1COC(C)(C)O1. The van der Waals surface area contributed by atoms with E-state index >= 15 is 0 Å². The zero-order valence-electron chi connectivity index (χ0n) is 12.3. The Balaban J connectivity index is 2.00. The molecule has 1 aromatic rings. The van der Waals surface area contributed by atoms with Crippen LogP contribution in [0.4, 0.5) is 0 Å². The topological polar surface area (TPSA) is 44.8 Å². The fourth-order valence-corrected chi connectivity index (χ4v) is 2.23. The van der Waals surface area contributed by atoms with Gasteiger partial charge in [0.25, 0.3) is 0 Å². The second-order valence-electron chi connectivity index (χ2n) is 5.40. The first-order valence-electron chi connectivity index (χ1n) is 7.02. The summed E-state index contributed by atoms with van der Waals surface area (Å²) in [6.45, 7) is 6.31. The number of carbonyl (C=O) groups excluding carboxylic acids is 1. The summed E-state index contributed by atoms with van der Waals surface area (Å²) < 4.78 is 17.1. The summed E-state index contributed by atoms with van der Waals surface area (Å²) >= 11 is 0. The van der Waals surface area contributed by atoms with Crippen LogP contribution in [0.15, 0.2) is 30.3 Å². The Labute approximate surface area is 120 Å². The second kappa shape index (κ2) is 6.48. The Morgan fingerprint density at radius 3 is 2.65 bits per heavy atom. The summed E-state index contributed by atoms with van der Waals surface area (Å²) in [5.41, 5.74) is 1.04. The number of ketones is 1. The van der Waals surface area contributed by atoms with Gasteiger partial charge in [-0.15, -0.1) is 0 Å². The van der Waals surface area contributed by atoms with Crippen molar-refractivity contribution in [1.29, 1.82) is 0 Å². The Hall–Kier alpha value is -1.23. The van der Waals surface area contributed by atoms with Gasteiger partial charge in [0.2, 0.25) is 0 Å². The van der Waals surface area contributed by atoms with Crippen molar-refractivity contribution in [2.24, 2.45) is 0 Å². The molecule has 0 spiro atoms. The van der Waals surface area contributed by atoms with Crippen molar-refractivity contribution in [1.82, 2.24) is 0 Å². The molecule has 0 saturated carbocycles. The van der Waals surface area contributed by atoms with Crippen molar-refractivity contribution in [2.75, 3.05) is 6.61 Å². The van der Waals surface area contributed by atoms with Crippen LogP contribution in [0.25, 0.3) is 0 Å². The minimum absolute atomic E-state index is 0.0484. The van der Waals surface area contributed by atoms with E-state index in [9.17, 15) is 4.79 Å². The fraction of sp³-hybridized carbons (Fsp3) is 0.562. The smallest absolute Gasteiger partial charge is 0.164 e. The van der Waals surface area contributed by atoms with Crippen LogP contribution >= 0.6 is 0 Å². The van der Waals surface area contributed by atoms with Crippen molar-refractivity contribution in [2.45, 2.75) is 51.8 Å². The molecule has 110 valence electrons. The molecule has 20 heavy (non-hydrogen) atoms. The van der Waals surface area contributed by atoms with Crippen molar-refractivity contribution in [3.8, 4) is 0 Å². The van der Waals surface area contributed by atoms with Gasteiger partial charge in [0, 0.05) is 6.42 Å². The second-order valence-corrected chi connectivity index (χ2v) is 5.40. The molecule has 0 N–H and O–H groups in total. The van der Waals surface area contributed by atoms with Gasteiger partial charge in [0.15, 0.2) is 11.6 Å². The minimum Gasteiger partial charge on any atom is -0.363 e. The van der Waals surface area contributed by atoms with Gasteiger partial charge in [0.05, 0.1) is 13.2 Å². The average Bonchev–Trinajstić information content (AvgIpc) is 2.80. The lowest BCUT2D eigenvalue weighted by atomic mass is 10.1. The highest BCUT2D eigenvalue weighted by Gasteiger charge is 2.40. The number of benzene rings is 1. The summed E-state index contributed by atoms with van der Waals surface area (Å²) in [7, 11) is 0. The molecule has 0 unspecified atom stereocenters. The molecular weight excluding hydrogens is 256 g/mol. The number of ether oxygens (including phenoxy) is 3. The minimum atomic E-state index is -0.646. The molecular formula is C16H22O4. The molecule has 2 rings (SSSR count). The Morgan fingerprint density at radius 1 is 1.40 bits per heavy atom. The quantitative estimate of drug-likeness (QED) is 0.802. The van der Waals surface area contributed by atoms with E-state index in [-0.39, 0.29) is 11.9 Å². The maximum Gasteiger partial charge on any atom is 0.164 e. The van der Waals surface area contributed by atoms with E-state index in [0.29, 0.717) is 19.6 Å². The molecule has 1 heterocycles. The lowest BCUT2D eigenvalue weighted by Gasteiger charge is -2.23. The lowest BCUT2D eigenvalue weighted by Crippen LogP contribution is -2.39. The summed E-state index contributed by atoms with van der Waals surface area (Å²) in [6.07, 6.45) is -0.470. The lowest BCUT2D eigenvalue weighted by molar-refractivity contribution is -0.165. The molecule has 0 radical (unpaired) electrons. The van der Waals surface area contributed by atoms with Crippen LogP contribution in [-0.2, 0) is 25.6 Å². The maximum atomic E-state index is 12.1. The molecule has 0 amide bonds. The van der Waals surface area contributed by atoms with Gasteiger partial charge in [-0.3, -0.25) is 4.79 Å². The summed E-state index contributed by atoms with van der Waals surface area (Å²) in [6, 6.07) is 9.81. The molecule has 4 heteroatoms. The van der Waals surface area contributed by atoms with Crippen molar-refractivity contribution in [3.63, 3.8) is 0 Å². The summed E-state index contributed by atoms with van der Waals surface area (Å²) in [5, 5.41) is 0. The number of rotatable bonds is 6. The molecule has 4 nitrogen and oxygen atoms in total. The predicted octanol–water partition coefficient (Wildman–Crippen LogP) is 2.70. The number of Topliss-reactive ketones (excluding diaryl/α,β-unsaturated/α-hetero) is 1. The third-order valence-corrected chi connectivity index (χ3v) is 3.31. The summed E-state index contributed by atoms with van der Waals surface area (Å²) in [4.78, 5) is 12.1. The monoisotopic (exact) mass is 278 g/mol. The molecule has 1 aliphatic heterocycles. The van der Waals surface area contributed by atoms with Crippen molar-refractivity contribution >= 4 is 5.78 Å². The normalized spacial score (nSPS) is 22.6. The predicted molar refractivity (Wildman–Crippen MR) is 75.2 cm³/mol. The van der Waals surface area contributed by atoms with Gasteiger partial charge in [-0.1, -0.05) is 37.3 Å². The largest absolute Gasteiger partial charge is 0.363 e. The summed E-state index contributed by atoms with van der Waals surface area (Å²) in [5.74, 6) is -0.597. The molecule has 1 saturated heterocycles. The first-order chi connectivity index (χ1) is 9.52. The molecule has 0 aromatic heterocycles. The van der Waals surface area contributed by atoms with E-state index in [1.54, 1.807) is 0 Å². The van der Waals surface area contributed by atoms with Crippen LogP contribution in [-0.4, -0.2) is 30.4 Å². The molecule has 0 aliphatic carbocycles. The van der Waals surface area contributed by atoms with Gasteiger partial charge in [0.1, 0.15) is 12.2 Å². The van der Waals surface area contributed by atoms with Gasteiger partial charge < -0.3 is 14.2 Å². The van der Waals surface area contributed by atoms with E-state index in [0.717, 1.165) is 5.56 Å². The number of hydrogen-bond donors (Lipinski definition) is 0. The molecule has 1 fully saturated rings. The standard InChI is InChI=1S/C16H22O4/c1-4-13(17)15(14-11-19-16(2,3)20-14)18-10-12-8-6-5-7-9-12/h5-9,14-15H,4,10-11H2,1-3H3/t14-,15-/m0/s1. The van der Waals surface area contributed by atoms with E-state index in [1.165, 1.54) is 0 Å². The Kier molecular flexibility index (Phi) is 4.91. The molecule has 2 atom stereocenters.